The van der Waals surface area contributed by atoms with Crippen molar-refractivity contribution in [2.24, 2.45) is 0 Å². The summed E-state index contributed by atoms with van der Waals surface area (Å²) in [7, 11) is -1.80. The maximum Gasteiger partial charge on any atom is 0.228 e. The van der Waals surface area contributed by atoms with Crippen LogP contribution in [0, 0.1) is 6.92 Å². The number of nitrogens with one attached hydrogen (secondary N) is 1. The zero-order chi connectivity index (χ0) is 17.0. The Morgan fingerprint density at radius 1 is 1.17 bits per heavy atom. The Balaban J connectivity index is 2.16. The fourth-order valence-electron chi connectivity index (χ4n) is 2.32. The average molecular weight is 333 g/mol. The van der Waals surface area contributed by atoms with E-state index in [1.54, 1.807) is 25.3 Å². The van der Waals surface area contributed by atoms with E-state index in [1.807, 2.05) is 25.1 Å². The fraction of sp³-hybridized carbons (Fsp3) is 0.235. The number of carbonyl (C=O) groups excluding carboxylic acids is 1. The third-order valence-electron chi connectivity index (χ3n) is 3.38. The molecule has 2 rings (SSSR count). The van der Waals surface area contributed by atoms with E-state index in [0.717, 1.165) is 23.1 Å². The Bertz CT molecular complexity index is 828. The van der Waals surface area contributed by atoms with Gasteiger partial charge in [-0.1, -0.05) is 24.3 Å². The highest BCUT2D eigenvalue weighted by Gasteiger charge is 2.14. The maximum atomic E-state index is 12.2. The number of ether oxygens (including phenoxy) is 1. The van der Waals surface area contributed by atoms with Gasteiger partial charge in [0.1, 0.15) is 5.75 Å². The molecule has 0 radical (unpaired) electrons. The molecule has 0 aromatic heterocycles. The van der Waals surface area contributed by atoms with Gasteiger partial charge in [0.15, 0.2) is 9.84 Å². The first kappa shape index (κ1) is 17.0. The highest BCUT2D eigenvalue weighted by atomic mass is 32.2. The molecular formula is C17H19NO4S. The molecule has 0 aliphatic carbocycles. The van der Waals surface area contributed by atoms with Crippen molar-refractivity contribution >= 4 is 21.4 Å². The number of anilines is 1. The van der Waals surface area contributed by atoms with Gasteiger partial charge in [-0.3, -0.25) is 4.79 Å². The van der Waals surface area contributed by atoms with E-state index in [0.29, 0.717) is 5.69 Å². The summed E-state index contributed by atoms with van der Waals surface area (Å²) in [5.74, 6) is 0.488. The van der Waals surface area contributed by atoms with Crippen LogP contribution < -0.4 is 10.1 Å². The quantitative estimate of drug-likeness (QED) is 0.913. The van der Waals surface area contributed by atoms with Crippen molar-refractivity contribution in [3.8, 4) is 5.75 Å². The Hall–Kier alpha value is -2.34. The number of sulfone groups is 1. The highest BCUT2D eigenvalue weighted by Crippen LogP contribution is 2.22. The summed E-state index contributed by atoms with van der Waals surface area (Å²) in [5, 5.41) is 2.66. The summed E-state index contributed by atoms with van der Waals surface area (Å²) >= 11 is 0. The number of aryl methyl sites for hydroxylation is 1. The van der Waals surface area contributed by atoms with Crippen molar-refractivity contribution in [1.29, 1.82) is 0 Å². The summed E-state index contributed by atoms with van der Waals surface area (Å²) in [6.07, 6.45) is 1.27. The Kier molecular flexibility index (Phi) is 5.05. The SMILES string of the molecule is COc1ccc(CC(=O)Nc2ccccc2S(C)(=O)=O)cc1C. The number of benzene rings is 2. The van der Waals surface area contributed by atoms with Gasteiger partial charge in [-0.15, -0.1) is 0 Å². The topological polar surface area (TPSA) is 72.5 Å². The summed E-state index contributed by atoms with van der Waals surface area (Å²) in [5.41, 5.74) is 2.07. The highest BCUT2D eigenvalue weighted by molar-refractivity contribution is 7.90. The van der Waals surface area contributed by atoms with Crippen LogP contribution in [0.1, 0.15) is 11.1 Å². The van der Waals surface area contributed by atoms with E-state index < -0.39 is 9.84 Å². The molecular weight excluding hydrogens is 314 g/mol. The van der Waals surface area contributed by atoms with E-state index in [9.17, 15) is 13.2 Å². The third kappa shape index (κ3) is 4.32. The van der Waals surface area contributed by atoms with Gasteiger partial charge in [0.05, 0.1) is 24.1 Å². The number of rotatable bonds is 5. The fourth-order valence-corrected chi connectivity index (χ4v) is 3.17. The molecule has 0 aliphatic heterocycles. The van der Waals surface area contributed by atoms with Crippen molar-refractivity contribution in [1.82, 2.24) is 0 Å². The minimum Gasteiger partial charge on any atom is -0.496 e. The lowest BCUT2D eigenvalue weighted by Gasteiger charge is -2.11. The van der Waals surface area contributed by atoms with Gasteiger partial charge >= 0.3 is 0 Å². The first-order chi connectivity index (χ1) is 10.8. The molecule has 0 heterocycles. The van der Waals surface area contributed by atoms with Crippen molar-refractivity contribution in [3.05, 3.63) is 53.6 Å². The number of para-hydroxylation sites is 1. The second kappa shape index (κ2) is 6.83. The van der Waals surface area contributed by atoms with Crippen LogP contribution >= 0.6 is 0 Å². The number of methoxy groups -OCH3 is 1. The van der Waals surface area contributed by atoms with Gasteiger partial charge in [-0.2, -0.15) is 0 Å². The Morgan fingerprint density at radius 2 is 1.87 bits per heavy atom. The van der Waals surface area contributed by atoms with Crippen molar-refractivity contribution in [2.75, 3.05) is 18.7 Å². The molecule has 122 valence electrons. The molecule has 0 fully saturated rings. The smallest absolute Gasteiger partial charge is 0.228 e. The van der Waals surface area contributed by atoms with Gasteiger partial charge in [0.25, 0.3) is 0 Å². The molecule has 2 aromatic rings. The first-order valence-corrected chi connectivity index (χ1v) is 8.93. The van der Waals surface area contributed by atoms with Crippen LogP contribution in [0.5, 0.6) is 5.75 Å². The average Bonchev–Trinajstić information content (AvgIpc) is 2.46. The van der Waals surface area contributed by atoms with Gasteiger partial charge in [-0.05, 0) is 36.2 Å². The molecule has 2 aromatic carbocycles. The van der Waals surface area contributed by atoms with Gasteiger partial charge in [-0.25, -0.2) is 8.42 Å². The van der Waals surface area contributed by atoms with E-state index in [-0.39, 0.29) is 17.2 Å². The number of amides is 1. The molecule has 0 saturated heterocycles. The van der Waals surface area contributed by atoms with Crippen LogP contribution in [-0.2, 0) is 21.1 Å². The second-order valence-corrected chi connectivity index (χ2v) is 7.28. The standard InChI is InChI=1S/C17H19NO4S/c1-12-10-13(8-9-15(12)22-2)11-17(19)18-14-6-4-5-7-16(14)23(3,20)21/h4-10H,11H2,1-3H3,(H,18,19). The van der Waals surface area contributed by atoms with Crippen LogP contribution in [0.2, 0.25) is 0 Å². The van der Waals surface area contributed by atoms with Gasteiger partial charge in [0, 0.05) is 6.26 Å². The van der Waals surface area contributed by atoms with Crippen LogP contribution in [-0.4, -0.2) is 27.7 Å². The summed E-state index contributed by atoms with van der Waals surface area (Å²) in [4.78, 5) is 12.3. The van der Waals surface area contributed by atoms with E-state index in [2.05, 4.69) is 5.32 Å². The molecule has 23 heavy (non-hydrogen) atoms. The molecule has 0 unspecified atom stereocenters. The molecule has 5 nitrogen and oxygen atoms in total. The monoisotopic (exact) mass is 333 g/mol. The molecule has 1 N–H and O–H groups in total. The van der Waals surface area contributed by atoms with Crippen molar-refractivity contribution in [2.45, 2.75) is 18.2 Å². The molecule has 0 saturated carbocycles. The van der Waals surface area contributed by atoms with E-state index in [4.69, 9.17) is 4.74 Å². The third-order valence-corrected chi connectivity index (χ3v) is 4.54. The Morgan fingerprint density at radius 3 is 2.48 bits per heavy atom. The first-order valence-electron chi connectivity index (χ1n) is 7.03. The normalized spacial score (nSPS) is 11.1. The molecule has 0 aliphatic rings. The summed E-state index contributed by atoms with van der Waals surface area (Å²) < 4.78 is 28.7. The zero-order valence-electron chi connectivity index (χ0n) is 13.3. The maximum absolute atomic E-state index is 12.2. The lowest BCUT2D eigenvalue weighted by molar-refractivity contribution is -0.115. The number of hydrogen-bond acceptors (Lipinski definition) is 4. The minimum absolute atomic E-state index is 0.110. The lowest BCUT2D eigenvalue weighted by atomic mass is 10.1. The lowest BCUT2D eigenvalue weighted by Crippen LogP contribution is -2.16. The predicted octanol–water partition coefficient (Wildman–Crippen LogP) is 2.59. The molecule has 0 spiro atoms. The van der Waals surface area contributed by atoms with Crippen LogP contribution in [0.3, 0.4) is 0 Å². The van der Waals surface area contributed by atoms with Crippen LogP contribution in [0.4, 0.5) is 5.69 Å². The van der Waals surface area contributed by atoms with E-state index >= 15 is 0 Å². The van der Waals surface area contributed by atoms with Gasteiger partial charge in [0.2, 0.25) is 5.91 Å². The number of hydrogen-bond donors (Lipinski definition) is 1. The number of carbonyl (C=O) groups is 1. The minimum atomic E-state index is -3.40. The molecule has 0 atom stereocenters. The van der Waals surface area contributed by atoms with Crippen LogP contribution in [0.25, 0.3) is 0 Å². The second-order valence-electron chi connectivity index (χ2n) is 5.30. The molecule has 6 heteroatoms. The van der Waals surface area contributed by atoms with Crippen molar-refractivity contribution in [3.63, 3.8) is 0 Å². The largest absolute Gasteiger partial charge is 0.496 e. The Labute approximate surface area is 136 Å². The summed E-state index contributed by atoms with van der Waals surface area (Å²) in [6, 6.07) is 11.9. The van der Waals surface area contributed by atoms with Gasteiger partial charge < -0.3 is 10.1 Å². The molecule has 0 bridgehead atoms. The zero-order valence-corrected chi connectivity index (χ0v) is 14.1. The summed E-state index contributed by atoms with van der Waals surface area (Å²) in [6.45, 7) is 1.90. The van der Waals surface area contributed by atoms with E-state index in [1.165, 1.54) is 6.07 Å². The predicted molar refractivity (Wildman–Crippen MR) is 89.6 cm³/mol. The van der Waals surface area contributed by atoms with Crippen LogP contribution in [0.15, 0.2) is 47.4 Å². The van der Waals surface area contributed by atoms with Crippen molar-refractivity contribution < 1.29 is 17.9 Å². The molecule has 1 amide bonds.